The first-order chi connectivity index (χ1) is 17.0. The fraction of sp³-hybridized carbons (Fsp3) is 0.0769. The third-order valence-electron chi connectivity index (χ3n) is 4.83. The predicted octanol–water partition coefficient (Wildman–Crippen LogP) is 3.40. The first-order valence-electron chi connectivity index (χ1n) is 10.5. The Kier molecular flexibility index (Phi) is 7.40. The molecule has 174 valence electrons. The maximum atomic E-state index is 12.1. The summed E-state index contributed by atoms with van der Waals surface area (Å²) in [5.74, 6) is 5.04. The van der Waals surface area contributed by atoms with Crippen LogP contribution in [0.15, 0.2) is 82.9 Å². The van der Waals surface area contributed by atoms with Gasteiger partial charge in [-0.2, -0.15) is 10.1 Å². The van der Waals surface area contributed by atoms with Crippen LogP contribution in [-0.4, -0.2) is 35.7 Å². The third-order valence-corrected chi connectivity index (χ3v) is 5.13. The van der Waals surface area contributed by atoms with Gasteiger partial charge in [-0.25, -0.2) is 5.43 Å². The van der Waals surface area contributed by atoms with E-state index < -0.39 is 12.0 Å². The number of hydrogen-bond acceptors (Lipinski definition) is 6. The van der Waals surface area contributed by atoms with Gasteiger partial charge in [-0.05, 0) is 35.9 Å². The fourth-order valence-corrected chi connectivity index (χ4v) is 3.24. The summed E-state index contributed by atoms with van der Waals surface area (Å²) in [5.41, 5.74) is 4.96. The molecule has 35 heavy (non-hydrogen) atoms. The van der Waals surface area contributed by atoms with Crippen molar-refractivity contribution in [2.45, 2.75) is 6.10 Å². The van der Waals surface area contributed by atoms with Gasteiger partial charge in [0.05, 0.1) is 17.8 Å². The zero-order valence-electron chi connectivity index (χ0n) is 18.2. The number of rotatable bonds is 5. The number of hydrogen-bond donors (Lipinski definition) is 3. The Labute approximate surface area is 206 Å². The van der Waals surface area contributed by atoms with Gasteiger partial charge in [0.1, 0.15) is 5.75 Å². The zero-order valence-corrected chi connectivity index (χ0v) is 19.0. The fourth-order valence-electron chi connectivity index (χ4n) is 3.06. The van der Waals surface area contributed by atoms with Crippen molar-refractivity contribution in [3.05, 3.63) is 100 Å². The van der Waals surface area contributed by atoms with E-state index >= 15 is 0 Å². The van der Waals surface area contributed by atoms with Gasteiger partial charge in [0.15, 0.2) is 0 Å². The molecule has 0 fully saturated rings. The molecule has 3 aromatic carbocycles. The number of aromatic hydroxyl groups is 1. The third kappa shape index (κ3) is 6.25. The highest BCUT2D eigenvalue weighted by atomic mass is 35.5. The maximum Gasteiger partial charge on any atom is 0.296 e. The summed E-state index contributed by atoms with van der Waals surface area (Å²) in [6.07, 6.45) is 0.763. The smallest absolute Gasteiger partial charge is 0.296 e. The summed E-state index contributed by atoms with van der Waals surface area (Å²) in [6.45, 7) is 0.254. The molecule has 0 spiro atoms. The van der Waals surface area contributed by atoms with Gasteiger partial charge >= 0.3 is 0 Å². The molecule has 0 saturated carbocycles. The van der Waals surface area contributed by atoms with Crippen LogP contribution in [0.4, 0.5) is 0 Å². The van der Waals surface area contributed by atoms with Crippen molar-refractivity contribution in [1.82, 2.24) is 10.7 Å². The van der Waals surface area contributed by atoms with Gasteiger partial charge in [0.25, 0.3) is 17.8 Å². The molecule has 1 aliphatic heterocycles. The number of phenolic OH excluding ortho intramolecular Hbond substituents is 1. The molecule has 0 aliphatic carbocycles. The number of amidine groups is 1. The molecule has 3 aromatic rings. The minimum atomic E-state index is -0.732. The molecular formula is C26H19ClN4O4. The van der Waals surface area contributed by atoms with Crippen LogP contribution < -0.4 is 10.7 Å². The largest absolute Gasteiger partial charge is 0.506 e. The lowest BCUT2D eigenvalue weighted by molar-refractivity contribution is -0.122. The lowest BCUT2D eigenvalue weighted by atomic mass is 10.1. The summed E-state index contributed by atoms with van der Waals surface area (Å²) in [4.78, 5) is 28.0. The Balaban J connectivity index is 1.24. The molecule has 0 bridgehead atoms. The summed E-state index contributed by atoms with van der Waals surface area (Å²) < 4.78 is 5.58. The average molecular weight is 487 g/mol. The minimum absolute atomic E-state index is 0.0853. The highest BCUT2D eigenvalue weighted by Crippen LogP contribution is 2.24. The summed E-state index contributed by atoms with van der Waals surface area (Å²) in [6, 6.07) is 20.7. The summed E-state index contributed by atoms with van der Waals surface area (Å²) >= 11 is 5.81. The van der Waals surface area contributed by atoms with Crippen molar-refractivity contribution in [2.24, 2.45) is 10.1 Å². The number of nitrogens with zero attached hydrogens (tertiary/aromatic N) is 2. The van der Waals surface area contributed by atoms with Gasteiger partial charge in [0.2, 0.25) is 6.10 Å². The lowest BCUT2D eigenvalue weighted by Crippen LogP contribution is -2.24. The number of halogens is 1. The number of hydrazone groups is 1. The van der Waals surface area contributed by atoms with Gasteiger partial charge in [-0.3, -0.25) is 9.59 Å². The van der Waals surface area contributed by atoms with Crippen LogP contribution in [0.25, 0.3) is 0 Å². The van der Waals surface area contributed by atoms with E-state index in [2.05, 4.69) is 32.7 Å². The Morgan fingerprint density at radius 1 is 1.14 bits per heavy atom. The number of amides is 2. The molecule has 8 nitrogen and oxygen atoms in total. The molecule has 1 aliphatic rings. The summed E-state index contributed by atoms with van der Waals surface area (Å²) in [5, 5.41) is 16.3. The quantitative estimate of drug-likeness (QED) is 0.291. The molecule has 0 aromatic heterocycles. The number of benzene rings is 3. The van der Waals surface area contributed by atoms with E-state index in [4.69, 9.17) is 16.3 Å². The van der Waals surface area contributed by atoms with Gasteiger partial charge in [-0.15, -0.1) is 0 Å². The highest BCUT2D eigenvalue weighted by Gasteiger charge is 2.30. The molecule has 1 unspecified atom stereocenters. The van der Waals surface area contributed by atoms with E-state index in [0.717, 1.165) is 16.7 Å². The van der Waals surface area contributed by atoms with Crippen LogP contribution in [0.5, 0.6) is 5.75 Å². The van der Waals surface area contributed by atoms with Crippen LogP contribution in [-0.2, 0) is 9.53 Å². The van der Waals surface area contributed by atoms with E-state index in [1.165, 1.54) is 24.4 Å². The van der Waals surface area contributed by atoms with Crippen molar-refractivity contribution in [1.29, 1.82) is 0 Å². The molecule has 1 heterocycles. The first-order valence-corrected chi connectivity index (χ1v) is 10.9. The van der Waals surface area contributed by atoms with E-state index in [-0.39, 0.29) is 34.8 Å². The van der Waals surface area contributed by atoms with Crippen LogP contribution in [0, 0.1) is 11.8 Å². The molecule has 0 radical (unpaired) electrons. The second-order valence-corrected chi connectivity index (χ2v) is 7.71. The topological polar surface area (TPSA) is 112 Å². The molecular weight excluding hydrogens is 468 g/mol. The summed E-state index contributed by atoms with van der Waals surface area (Å²) in [7, 11) is 0. The zero-order chi connectivity index (χ0) is 24.6. The molecule has 2 amide bonds. The van der Waals surface area contributed by atoms with E-state index in [9.17, 15) is 14.7 Å². The van der Waals surface area contributed by atoms with Crippen molar-refractivity contribution >= 4 is 35.7 Å². The number of ether oxygens (including phenoxy) is 1. The van der Waals surface area contributed by atoms with E-state index in [1.807, 2.05) is 42.5 Å². The Morgan fingerprint density at radius 3 is 2.66 bits per heavy atom. The Hall–Kier alpha value is -4.61. The lowest BCUT2D eigenvalue weighted by Gasteiger charge is -2.09. The van der Waals surface area contributed by atoms with Crippen molar-refractivity contribution in [3.8, 4) is 17.6 Å². The Morgan fingerprint density at radius 2 is 1.91 bits per heavy atom. The van der Waals surface area contributed by atoms with Crippen molar-refractivity contribution < 1.29 is 19.4 Å². The van der Waals surface area contributed by atoms with Crippen molar-refractivity contribution in [3.63, 3.8) is 0 Å². The van der Waals surface area contributed by atoms with Crippen molar-refractivity contribution in [2.75, 3.05) is 6.54 Å². The number of aliphatic imine (C=N–C) groups is 1. The minimum Gasteiger partial charge on any atom is -0.506 e. The van der Waals surface area contributed by atoms with E-state index in [0.29, 0.717) is 0 Å². The van der Waals surface area contributed by atoms with Crippen LogP contribution in [0.3, 0.4) is 0 Å². The van der Waals surface area contributed by atoms with Gasteiger partial charge < -0.3 is 15.2 Å². The maximum absolute atomic E-state index is 12.1. The van der Waals surface area contributed by atoms with Gasteiger partial charge in [0, 0.05) is 16.7 Å². The van der Waals surface area contributed by atoms with Crippen LogP contribution >= 0.6 is 11.6 Å². The first kappa shape index (κ1) is 23.5. The second kappa shape index (κ2) is 11.0. The predicted molar refractivity (Wildman–Crippen MR) is 132 cm³/mol. The second-order valence-electron chi connectivity index (χ2n) is 7.31. The standard InChI is InChI=1S/C26H19ClN4O4/c27-21-15-20(12-13-22(21)32)24(33)31-29-16-18-10-8-17(9-11-18)5-4-14-28-26-30-25(34)23(35-26)19-6-2-1-3-7-19/h1-3,6-13,15-16,23,32H,14H2,(H,31,33)(H,28,30,34)/b29-16+. The SMILES string of the molecule is O=C(N/N=C/c1ccc(C#CCNC2=NC(=O)C(c3ccccc3)O2)cc1)c1ccc(O)c(Cl)c1. The molecule has 0 saturated heterocycles. The normalized spacial score (nSPS) is 14.6. The number of nitrogens with one attached hydrogen (secondary N) is 2. The van der Waals surface area contributed by atoms with Gasteiger partial charge in [-0.1, -0.05) is 65.9 Å². The average Bonchev–Trinajstić information content (AvgIpc) is 3.25. The highest BCUT2D eigenvalue weighted by molar-refractivity contribution is 6.32. The molecule has 3 N–H and O–H groups in total. The molecule has 9 heteroatoms. The number of carbonyl (C=O) groups excluding carboxylic acids is 2. The molecule has 4 rings (SSSR count). The van der Waals surface area contributed by atoms with Crippen LogP contribution in [0.2, 0.25) is 5.02 Å². The number of phenols is 1. The monoisotopic (exact) mass is 486 g/mol. The number of carbonyl (C=O) groups is 2. The molecule has 1 atom stereocenters. The van der Waals surface area contributed by atoms with Crippen LogP contribution in [0.1, 0.15) is 33.2 Å². The van der Waals surface area contributed by atoms with E-state index in [1.54, 1.807) is 12.1 Å². The Bertz CT molecular complexity index is 1360.